The minimum absolute atomic E-state index is 0.209. The molecular formula is C15H12ClN3O3S. The van der Waals surface area contributed by atoms with Gasteiger partial charge >= 0.3 is 5.76 Å². The largest absolute Gasteiger partial charge is 0.442 e. The van der Waals surface area contributed by atoms with E-state index in [0.717, 1.165) is 10.4 Å². The van der Waals surface area contributed by atoms with Gasteiger partial charge in [-0.1, -0.05) is 28.9 Å². The van der Waals surface area contributed by atoms with E-state index in [1.165, 1.54) is 15.9 Å². The number of aromatic nitrogens is 2. The molecule has 8 heteroatoms. The van der Waals surface area contributed by atoms with Crippen LogP contribution in [0.3, 0.4) is 0 Å². The summed E-state index contributed by atoms with van der Waals surface area (Å²) in [5.74, 6) is -0.743. The minimum atomic E-state index is -0.682. The Kier molecular flexibility index (Phi) is 4.31. The van der Waals surface area contributed by atoms with Crippen LogP contribution in [0.2, 0.25) is 5.02 Å². The number of thiophene rings is 1. The van der Waals surface area contributed by atoms with E-state index in [2.05, 4.69) is 15.0 Å². The Labute approximate surface area is 140 Å². The van der Waals surface area contributed by atoms with E-state index >= 15 is 0 Å². The average Bonchev–Trinajstić information content (AvgIpc) is 3.13. The normalized spacial score (nSPS) is 10.7. The van der Waals surface area contributed by atoms with Gasteiger partial charge in [-0.15, -0.1) is 11.3 Å². The van der Waals surface area contributed by atoms with Crippen molar-refractivity contribution < 1.29 is 9.32 Å². The Morgan fingerprint density at radius 2 is 2.26 bits per heavy atom. The summed E-state index contributed by atoms with van der Waals surface area (Å²) in [4.78, 5) is 24.7. The highest BCUT2D eigenvalue weighted by Crippen LogP contribution is 2.24. The lowest BCUT2D eigenvalue weighted by Crippen LogP contribution is -2.25. The number of amides is 1. The lowest BCUT2D eigenvalue weighted by molar-refractivity contribution is -0.116. The SMILES string of the molecule is Cc1ccc(NC(=O)Cn2c(-c3cccs3)noc2=O)c(Cl)c1. The number of anilines is 1. The quantitative estimate of drug-likeness (QED) is 0.784. The molecule has 1 amide bonds. The van der Waals surface area contributed by atoms with Gasteiger partial charge in [0.15, 0.2) is 5.82 Å². The molecule has 0 aliphatic carbocycles. The number of hydrogen-bond donors (Lipinski definition) is 1. The van der Waals surface area contributed by atoms with Crippen LogP contribution in [0, 0.1) is 6.92 Å². The third-order valence-electron chi connectivity index (χ3n) is 3.13. The summed E-state index contributed by atoms with van der Waals surface area (Å²) >= 11 is 7.49. The monoisotopic (exact) mass is 349 g/mol. The Hall–Kier alpha value is -2.38. The Balaban J connectivity index is 1.81. The number of benzene rings is 1. The topological polar surface area (TPSA) is 77.1 Å². The number of aryl methyl sites for hydroxylation is 1. The third-order valence-corrected chi connectivity index (χ3v) is 4.31. The van der Waals surface area contributed by atoms with Crippen LogP contribution in [0.5, 0.6) is 0 Å². The zero-order chi connectivity index (χ0) is 16.4. The van der Waals surface area contributed by atoms with Gasteiger partial charge in [0.05, 0.1) is 15.6 Å². The number of rotatable bonds is 4. The summed E-state index contributed by atoms with van der Waals surface area (Å²) in [5.41, 5.74) is 1.48. The smallest absolute Gasteiger partial charge is 0.323 e. The van der Waals surface area contributed by atoms with Crippen molar-refractivity contribution in [2.75, 3.05) is 5.32 Å². The van der Waals surface area contributed by atoms with E-state index < -0.39 is 5.76 Å². The molecule has 0 spiro atoms. The summed E-state index contributed by atoms with van der Waals surface area (Å²) in [6, 6.07) is 8.93. The Bertz CT molecular complexity index is 899. The number of nitrogens with zero attached hydrogens (tertiary/aromatic N) is 2. The fourth-order valence-corrected chi connectivity index (χ4v) is 3.04. The van der Waals surface area contributed by atoms with Crippen molar-refractivity contribution in [3.8, 4) is 10.7 Å². The first-order chi connectivity index (χ1) is 11.0. The molecule has 118 valence electrons. The molecule has 0 radical (unpaired) electrons. The average molecular weight is 350 g/mol. The van der Waals surface area contributed by atoms with Gasteiger partial charge < -0.3 is 5.32 Å². The van der Waals surface area contributed by atoms with Crippen LogP contribution >= 0.6 is 22.9 Å². The minimum Gasteiger partial charge on any atom is -0.323 e. The zero-order valence-corrected chi connectivity index (χ0v) is 13.6. The van der Waals surface area contributed by atoms with Crippen LogP contribution < -0.4 is 11.1 Å². The first-order valence-electron chi connectivity index (χ1n) is 6.71. The molecular weight excluding hydrogens is 338 g/mol. The highest BCUT2D eigenvalue weighted by Gasteiger charge is 2.17. The fourth-order valence-electron chi connectivity index (χ4n) is 2.05. The van der Waals surface area contributed by atoms with Crippen molar-refractivity contribution in [2.45, 2.75) is 13.5 Å². The standard InChI is InChI=1S/C15H12ClN3O3S/c1-9-4-5-11(10(16)7-9)17-13(20)8-19-14(18-22-15(19)21)12-3-2-6-23-12/h2-7H,8H2,1H3,(H,17,20). The maximum absolute atomic E-state index is 12.2. The summed E-state index contributed by atoms with van der Waals surface area (Å²) in [5, 5.41) is 8.70. The van der Waals surface area contributed by atoms with Crippen molar-refractivity contribution in [2.24, 2.45) is 0 Å². The summed E-state index contributed by atoms with van der Waals surface area (Å²) in [6.45, 7) is 1.70. The Morgan fingerprint density at radius 3 is 2.96 bits per heavy atom. The van der Waals surface area contributed by atoms with E-state index in [9.17, 15) is 9.59 Å². The molecule has 2 heterocycles. The van der Waals surface area contributed by atoms with Gasteiger partial charge in [-0.3, -0.25) is 9.32 Å². The van der Waals surface area contributed by atoms with Crippen LogP contribution in [-0.2, 0) is 11.3 Å². The molecule has 0 aliphatic rings. The molecule has 0 fully saturated rings. The van der Waals surface area contributed by atoms with Crippen molar-refractivity contribution in [3.05, 3.63) is 56.8 Å². The molecule has 0 aliphatic heterocycles. The lowest BCUT2D eigenvalue weighted by atomic mass is 10.2. The van der Waals surface area contributed by atoms with Gasteiger partial charge in [-0.05, 0) is 36.1 Å². The molecule has 3 aromatic rings. The predicted molar refractivity (Wildman–Crippen MR) is 88.9 cm³/mol. The molecule has 1 N–H and O–H groups in total. The fraction of sp³-hybridized carbons (Fsp3) is 0.133. The van der Waals surface area contributed by atoms with E-state index in [4.69, 9.17) is 11.6 Å². The van der Waals surface area contributed by atoms with Crippen molar-refractivity contribution >= 4 is 34.5 Å². The van der Waals surface area contributed by atoms with Gasteiger partial charge in [0.1, 0.15) is 6.54 Å². The van der Waals surface area contributed by atoms with E-state index in [1.807, 2.05) is 24.4 Å². The van der Waals surface area contributed by atoms with Gasteiger partial charge in [-0.2, -0.15) is 0 Å². The maximum atomic E-state index is 12.2. The Morgan fingerprint density at radius 1 is 1.43 bits per heavy atom. The number of carbonyl (C=O) groups is 1. The maximum Gasteiger partial charge on any atom is 0.442 e. The molecule has 2 aromatic heterocycles. The van der Waals surface area contributed by atoms with Crippen molar-refractivity contribution in [3.63, 3.8) is 0 Å². The summed E-state index contributed by atoms with van der Waals surface area (Å²) in [7, 11) is 0. The van der Waals surface area contributed by atoms with Crippen LogP contribution in [0.1, 0.15) is 5.56 Å². The second kappa shape index (κ2) is 6.39. The van der Waals surface area contributed by atoms with Gasteiger partial charge in [0, 0.05) is 0 Å². The molecule has 0 unspecified atom stereocenters. The zero-order valence-electron chi connectivity index (χ0n) is 12.1. The van der Waals surface area contributed by atoms with Crippen LogP contribution in [0.15, 0.2) is 45.0 Å². The van der Waals surface area contributed by atoms with E-state index in [-0.39, 0.29) is 12.5 Å². The van der Waals surface area contributed by atoms with Gasteiger partial charge in [0.2, 0.25) is 5.91 Å². The second-order valence-electron chi connectivity index (χ2n) is 4.87. The molecule has 0 saturated heterocycles. The van der Waals surface area contributed by atoms with Crippen molar-refractivity contribution in [1.29, 1.82) is 0 Å². The second-order valence-corrected chi connectivity index (χ2v) is 6.22. The van der Waals surface area contributed by atoms with Crippen molar-refractivity contribution in [1.82, 2.24) is 9.72 Å². The number of nitrogens with one attached hydrogen (secondary N) is 1. The molecule has 3 rings (SSSR count). The van der Waals surface area contributed by atoms with E-state index in [0.29, 0.717) is 16.5 Å². The lowest BCUT2D eigenvalue weighted by Gasteiger charge is -2.08. The predicted octanol–water partition coefficient (Wildman–Crippen LogP) is 3.17. The molecule has 1 aromatic carbocycles. The highest BCUT2D eigenvalue weighted by molar-refractivity contribution is 7.13. The number of halogens is 1. The molecule has 23 heavy (non-hydrogen) atoms. The number of carbonyl (C=O) groups excluding carboxylic acids is 1. The first-order valence-corrected chi connectivity index (χ1v) is 7.97. The number of hydrogen-bond acceptors (Lipinski definition) is 5. The third kappa shape index (κ3) is 3.35. The summed E-state index contributed by atoms with van der Waals surface area (Å²) < 4.78 is 5.85. The van der Waals surface area contributed by atoms with Crippen LogP contribution in [-0.4, -0.2) is 15.6 Å². The molecule has 6 nitrogen and oxygen atoms in total. The van der Waals surface area contributed by atoms with Gasteiger partial charge in [0.25, 0.3) is 0 Å². The first kappa shape index (κ1) is 15.5. The van der Waals surface area contributed by atoms with E-state index in [1.54, 1.807) is 18.2 Å². The van der Waals surface area contributed by atoms with Crippen LogP contribution in [0.4, 0.5) is 5.69 Å². The summed E-state index contributed by atoms with van der Waals surface area (Å²) in [6.07, 6.45) is 0. The molecule has 0 bridgehead atoms. The highest BCUT2D eigenvalue weighted by atomic mass is 35.5. The van der Waals surface area contributed by atoms with Gasteiger partial charge in [-0.25, -0.2) is 9.36 Å². The molecule has 0 atom stereocenters. The van der Waals surface area contributed by atoms with Crippen LogP contribution in [0.25, 0.3) is 10.7 Å². The molecule has 0 saturated carbocycles.